The zero-order chi connectivity index (χ0) is 9.41. The molecule has 0 aromatic carbocycles. The fraction of sp³-hybridized carbons (Fsp3) is 1.00. The van der Waals surface area contributed by atoms with Crippen LogP contribution in [0.25, 0.3) is 0 Å². The number of rotatable bonds is 4. The maximum absolute atomic E-state index is 10.8. The Morgan fingerprint density at radius 2 is 2.08 bits per heavy atom. The first-order valence-electron chi connectivity index (χ1n) is 3.85. The molecule has 1 rings (SSSR count). The van der Waals surface area contributed by atoms with E-state index in [9.17, 15) is 8.42 Å². The molecule has 1 fully saturated rings. The van der Waals surface area contributed by atoms with Gasteiger partial charge < -0.3 is 4.74 Å². The van der Waals surface area contributed by atoms with Crippen LogP contribution in [0.3, 0.4) is 0 Å². The Bertz CT molecular complexity index is 258. The van der Waals surface area contributed by atoms with Crippen LogP contribution >= 0.6 is 10.7 Å². The molecular formula is C7H13ClO3S. The lowest BCUT2D eigenvalue weighted by atomic mass is 10.0. The first-order valence-corrected chi connectivity index (χ1v) is 6.33. The summed E-state index contributed by atoms with van der Waals surface area (Å²) >= 11 is 0. The van der Waals surface area contributed by atoms with Crippen molar-refractivity contribution in [2.45, 2.75) is 25.4 Å². The SMILES string of the molecule is COC(C)(CS(=O)(=O)Cl)C1CC1. The second-order valence-corrected chi connectivity index (χ2v) is 6.25. The van der Waals surface area contributed by atoms with Crippen LogP contribution in [0.1, 0.15) is 19.8 Å². The van der Waals surface area contributed by atoms with E-state index in [1.807, 2.05) is 0 Å². The fourth-order valence-corrected chi connectivity index (χ4v) is 3.07. The van der Waals surface area contributed by atoms with Crippen molar-refractivity contribution in [3.8, 4) is 0 Å². The third kappa shape index (κ3) is 2.61. The summed E-state index contributed by atoms with van der Waals surface area (Å²) in [7, 11) is 3.24. The van der Waals surface area contributed by atoms with Gasteiger partial charge in [0.05, 0.1) is 11.4 Å². The molecule has 0 aromatic heterocycles. The van der Waals surface area contributed by atoms with E-state index in [-0.39, 0.29) is 5.75 Å². The predicted molar refractivity (Wildman–Crippen MR) is 47.8 cm³/mol. The molecule has 0 amide bonds. The van der Waals surface area contributed by atoms with Gasteiger partial charge in [-0.3, -0.25) is 0 Å². The second-order valence-electron chi connectivity index (χ2n) is 3.47. The molecule has 1 saturated carbocycles. The summed E-state index contributed by atoms with van der Waals surface area (Å²) < 4.78 is 26.8. The van der Waals surface area contributed by atoms with E-state index in [0.29, 0.717) is 5.92 Å². The summed E-state index contributed by atoms with van der Waals surface area (Å²) in [6.07, 6.45) is 2.08. The van der Waals surface area contributed by atoms with E-state index in [4.69, 9.17) is 15.4 Å². The number of methoxy groups -OCH3 is 1. The van der Waals surface area contributed by atoms with Crippen molar-refractivity contribution in [1.82, 2.24) is 0 Å². The highest BCUT2D eigenvalue weighted by molar-refractivity contribution is 8.13. The van der Waals surface area contributed by atoms with Gasteiger partial charge in [0.25, 0.3) is 0 Å². The molecule has 5 heteroatoms. The van der Waals surface area contributed by atoms with Gasteiger partial charge in [0, 0.05) is 17.8 Å². The second kappa shape index (κ2) is 3.16. The largest absolute Gasteiger partial charge is 0.377 e. The molecule has 0 aliphatic heterocycles. The summed E-state index contributed by atoms with van der Waals surface area (Å²) in [6.45, 7) is 1.80. The van der Waals surface area contributed by atoms with Crippen molar-refractivity contribution in [2.24, 2.45) is 5.92 Å². The first-order chi connectivity index (χ1) is 5.37. The van der Waals surface area contributed by atoms with Crippen molar-refractivity contribution in [2.75, 3.05) is 12.9 Å². The Labute approximate surface area is 77.5 Å². The highest BCUT2D eigenvalue weighted by Crippen LogP contribution is 2.42. The average Bonchev–Trinajstić information content (AvgIpc) is 2.64. The quantitative estimate of drug-likeness (QED) is 0.662. The average molecular weight is 213 g/mol. The summed E-state index contributed by atoms with van der Waals surface area (Å²) in [5.74, 6) is 0.263. The molecular weight excluding hydrogens is 200 g/mol. The molecule has 0 spiro atoms. The van der Waals surface area contributed by atoms with Crippen molar-refractivity contribution in [1.29, 1.82) is 0 Å². The monoisotopic (exact) mass is 212 g/mol. The van der Waals surface area contributed by atoms with E-state index in [2.05, 4.69) is 0 Å². The molecule has 0 radical (unpaired) electrons. The van der Waals surface area contributed by atoms with Crippen LogP contribution in [0, 0.1) is 5.92 Å². The Morgan fingerprint density at radius 1 is 1.58 bits per heavy atom. The topological polar surface area (TPSA) is 43.4 Å². The van der Waals surface area contributed by atoms with Crippen LogP contribution in [0.4, 0.5) is 0 Å². The number of hydrogen-bond acceptors (Lipinski definition) is 3. The minimum Gasteiger partial charge on any atom is -0.377 e. The lowest BCUT2D eigenvalue weighted by Gasteiger charge is -2.26. The lowest BCUT2D eigenvalue weighted by Crippen LogP contribution is -2.36. The molecule has 0 N–H and O–H groups in total. The van der Waals surface area contributed by atoms with Crippen molar-refractivity contribution in [3.63, 3.8) is 0 Å². The Hall–Kier alpha value is 0.200. The minimum atomic E-state index is -3.45. The molecule has 0 bridgehead atoms. The van der Waals surface area contributed by atoms with Crippen LogP contribution < -0.4 is 0 Å². The maximum atomic E-state index is 10.8. The number of halogens is 1. The van der Waals surface area contributed by atoms with E-state index in [1.54, 1.807) is 6.92 Å². The zero-order valence-electron chi connectivity index (χ0n) is 7.21. The summed E-state index contributed by atoms with van der Waals surface area (Å²) in [4.78, 5) is 0. The molecule has 0 saturated heterocycles. The molecule has 1 atom stereocenters. The highest BCUT2D eigenvalue weighted by Gasteiger charge is 2.44. The van der Waals surface area contributed by atoms with Crippen LogP contribution in [-0.4, -0.2) is 26.9 Å². The summed E-state index contributed by atoms with van der Waals surface area (Å²) in [5.41, 5.74) is -0.583. The van der Waals surface area contributed by atoms with Gasteiger partial charge in [-0.2, -0.15) is 0 Å². The van der Waals surface area contributed by atoms with Crippen molar-refractivity contribution >= 4 is 19.7 Å². The normalized spacial score (nSPS) is 23.6. The molecule has 1 aliphatic rings. The van der Waals surface area contributed by atoms with Crippen LogP contribution in [-0.2, 0) is 13.8 Å². The van der Waals surface area contributed by atoms with Gasteiger partial charge >= 0.3 is 0 Å². The lowest BCUT2D eigenvalue weighted by molar-refractivity contribution is 0.00680. The predicted octanol–water partition coefficient (Wildman–Crippen LogP) is 1.37. The molecule has 0 aromatic rings. The highest BCUT2D eigenvalue weighted by atomic mass is 35.7. The first kappa shape index (κ1) is 10.3. The van der Waals surface area contributed by atoms with Crippen molar-refractivity contribution < 1.29 is 13.2 Å². The molecule has 1 unspecified atom stereocenters. The van der Waals surface area contributed by atoms with Gasteiger partial charge in [-0.25, -0.2) is 8.42 Å². The smallest absolute Gasteiger partial charge is 0.235 e. The molecule has 72 valence electrons. The third-order valence-electron chi connectivity index (χ3n) is 2.37. The Morgan fingerprint density at radius 3 is 2.33 bits per heavy atom. The van der Waals surface area contributed by atoms with E-state index in [0.717, 1.165) is 12.8 Å². The van der Waals surface area contributed by atoms with Gasteiger partial charge in [-0.15, -0.1) is 0 Å². The molecule has 3 nitrogen and oxygen atoms in total. The number of hydrogen-bond donors (Lipinski definition) is 0. The van der Waals surface area contributed by atoms with Crippen molar-refractivity contribution in [3.05, 3.63) is 0 Å². The molecule has 0 heterocycles. The van der Waals surface area contributed by atoms with Gasteiger partial charge in [-0.1, -0.05) is 0 Å². The molecule has 1 aliphatic carbocycles. The Kier molecular flexibility index (Phi) is 2.71. The van der Waals surface area contributed by atoms with Crippen LogP contribution in [0.5, 0.6) is 0 Å². The zero-order valence-corrected chi connectivity index (χ0v) is 8.78. The van der Waals surface area contributed by atoms with Crippen LogP contribution in [0.2, 0.25) is 0 Å². The van der Waals surface area contributed by atoms with Gasteiger partial charge in [0.2, 0.25) is 9.05 Å². The van der Waals surface area contributed by atoms with E-state index < -0.39 is 14.7 Å². The van der Waals surface area contributed by atoms with Gasteiger partial charge in [0.1, 0.15) is 0 Å². The van der Waals surface area contributed by atoms with E-state index in [1.165, 1.54) is 7.11 Å². The number of ether oxygens (including phenoxy) is 1. The van der Waals surface area contributed by atoms with Gasteiger partial charge in [0.15, 0.2) is 0 Å². The molecule has 12 heavy (non-hydrogen) atoms. The van der Waals surface area contributed by atoms with Crippen LogP contribution in [0.15, 0.2) is 0 Å². The standard InChI is InChI=1S/C7H13ClO3S/c1-7(11-2,6-3-4-6)5-12(8,9)10/h6H,3-5H2,1-2H3. The van der Waals surface area contributed by atoms with Gasteiger partial charge in [-0.05, 0) is 25.7 Å². The summed E-state index contributed by atoms with van der Waals surface area (Å²) in [5, 5.41) is 0. The fourth-order valence-electron chi connectivity index (χ4n) is 1.38. The Balaban J connectivity index is 2.67. The minimum absolute atomic E-state index is 0.0945. The maximum Gasteiger partial charge on any atom is 0.235 e. The summed E-state index contributed by atoms with van der Waals surface area (Å²) in [6, 6.07) is 0. The third-order valence-corrected chi connectivity index (χ3v) is 3.61. The van der Waals surface area contributed by atoms with E-state index >= 15 is 0 Å².